The zero-order valence-electron chi connectivity index (χ0n) is 15.5. The number of carbonyl (C=O) groups is 1. The van der Waals surface area contributed by atoms with Crippen molar-refractivity contribution in [3.63, 3.8) is 0 Å². The highest BCUT2D eigenvalue weighted by molar-refractivity contribution is 5.93. The summed E-state index contributed by atoms with van der Waals surface area (Å²) in [4.78, 5) is 23.5. The van der Waals surface area contributed by atoms with E-state index in [-0.39, 0.29) is 35.5 Å². The molecule has 25 heavy (non-hydrogen) atoms. The predicted octanol–water partition coefficient (Wildman–Crippen LogP) is 1.98. The summed E-state index contributed by atoms with van der Waals surface area (Å²) in [5.74, 6) is 0.225. The Kier molecular flexibility index (Phi) is 4.97. The van der Waals surface area contributed by atoms with E-state index in [1.54, 1.807) is 20.3 Å². The number of fused-ring (bicyclic) bond motifs is 1. The van der Waals surface area contributed by atoms with Crippen LogP contribution in [0.4, 0.5) is 5.95 Å². The number of anilines is 1. The maximum Gasteiger partial charge on any atom is 0.273 e. The molecule has 7 nitrogen and oxygen atoms in total. The Balaban J connectivity index is 1.89. The van der Waals surface area contributed by atoms with Gasteiger partial charge in [0.1, 0.15) is 5.69 Å². The van der Waals surface area contributed by atoms with Gasteiger partial charge in [-0.05, 0) is 37.7 Å². The highest BCUT2D eigenvalue weighted by Crippen LogP contribution is 2.43. The summed E-state index contributed by atoms with van der Waals surface area (Å²) < 4.78 is 11.4. The number of nitrogen functional groups attached to an aromatic ring is 1. The van der Waals surface area contributed by atoms with Gasteiger partial charge in [0.25, 0.3) is 5.91 Å². The van der Waals surface area contributed by atoms with E-state index >= 15 is 0 Å². The number of rotatable bonds is 4. The molecular formula is C18H28N4O3. The number of carbonyl (C=O) groups excluding carboxylic acids is 1. The number of ether oxygens (including phenoxy) is 2. The van der Waals surface area contributed by atoms with Gasteiger partial charge in [-0.3, -0.25) is 4.79 Å². The first-order valence-corrected chi connectivity index (χ1v) is 8.93. The second-order valence-electron chi connectivity index (χ2n) is 7.36. The van der Waals surface area contributed by atoms with Crippen molar-refractivity contribution in [3.8, 4) is 0 Å². The van der Waals surface area contributed by atoms with Crippen LogP contribution in [0.2, 0.25) is 0 Å². The summed E-state index contributed by atoms with van der Waals surface area (Å²) in [7, 11) is 3.47. The van der Waals surface area contributed by atoms with Gasteiger partial charge >= 0.3 is 0 Å². The molecule has 3 rings (SSSR count). The molecule has 138 valence electrons. The van der Waals surface area contributed by atoms with Gasteiger partial charge < -0.3 is 20.1 Å². The van der Waals surface area contributed by atoms with Gasteiger partial charge in [-0.15, -0.1) is 0 Å². The number of aromatic nitrogens is 2. The normalized spacial score (nSPS) is 29.1. The summed E-state index contributed by atoms with van der Waals surface area (Å²) in [5.41, 5.74) is 6.70. The minimum atomic E-state index is -0.274. The van der Waals surface area contributed by atoms with Crippen LogP contribution >= 0.6 is 0 Å². The average molecular weight is 348 g/mol. The molecule has 7 heteroatoms. The molecule has 1 amide bonds. The van der Waals surface area contributed by atoms with E-state index in [2.05, 4.69) is 9.97 Å². The Morgan fingerprint density at radius 2 is 2.12 bits per heavy atom. The van der Waals surface area contributed by atoms with Gasteiger partial charge in [-0.1, -0.05) is 13.8 Å². The van der Waals surface area contributed by atoms with Gasteiger partial charge in [0, 0.05) is 26.5 Å². The maximum atomic E-state index is 13.2. The fraction of sp³-hybridized carbons (Fsp3) is 0.722. The van der Waals surface area contributed by atoms with E-state index in [1.165, 1.54) is 0 Å². The van der Waals surface area contributed by atoms with Crippen LogP contribution in [-0.2, 0) is 9.47 Å². The molecule has 1 aliphatic heterocycles. The van der Waals surface area contributed by atoms with E-state index in [9.17, 15) is 4.79 Å². The lowest BCUT2D eigenvalue weighted by Gasteiger charge is -2.43. The standard InChI is InChI=1S/C18H28N4O3/c1-11(2)13-10-14(21-17(19)20-13)16(23)22-8-7-18(25-4)6-5-12(24-3)9-15(18)22/h10-12,15H,5-9H2,1-4H3,(H2,19,20,21)/t12-,15-,18+/m0/s1. The van der Waals surface area contributed by atoms with Gasteiger partial charge in [0.2, 0.25) is 5.95 Å². The Hall–Kier alpha value is -1.73. The first kappa shape index (κ1) is 18.1. The SMILES string of the molecule is CO[C@H]1CC[C@@]2(OC)CCN(C(=O)c3cc(C(C)C)nc(N)n3)[C@H]2C1. The van der Waals surface area contributed by atoms with Crippen LogP contribution in [0.25, 0.3) is 0 Å². The average Bonchev–Trinajstić information content (AvgIpc) is 2.99. The van der Waals surface area contributed by atoms with Crippen LogP contribution in [0.1, 0.15) is 61.6 Å². The lowest BCUT2D eigenvalue weighted by molar-refractivity contribution is -0.0894. The molecule has 1 aromatic heterocycles. The number of likely N-dealkylation sites (tertiary alicyclic amines) is 1. The number of hydrogen-bond donors (Lipinski definition) is 1. The lowest BCUT2D eigenvalue weighted by Crippen LogP contribution is -2.53. The second kappa shape index (κ2) is 6.88. The molecule has 0 bridgehead atoms. The highest BCUT2D eigenvalue weighted by Gasteiger charge is 2.52. The lowest BCUT2D eigenvalue weighted by atomic mass is 9.79. The molecule has 0 spiro atoms. The third-order valence-electron chi connectivity index (χ3n) is 5.71. The summed E-state index contributed by atoms with van der Waals surface area (Å²) >= 11 is 0. The van der Waals surface area contributed by atoms with Crippen LogP contribution in [0.5, 0.6) is 0 Å². The number of amides is 1. The van der Waals surface area contributed by atoms with E-state index in [0.29, 0.717) is 12.2 Å². The molecule has 3 atom stereocenters. The molecular weight excluding hydrogens is 320 g/mol. The fourth-order valence-corrected chi connectivity index (χ4v) is 4.16. The Bertz CT molecular complexity index is 651. The van der Waals surface area contributed by atoms with Gasteiger partial charge in [-0.25, -0.2) is 9.97 Å². The molecule has 1 aliphatic carbocycles. The molecule has 2 heterocycles. The van der Waals surface area contributed by atoms with Crippen molar-refractivity contribution in [3.05, 3.63) is 17.5 Å². The van der Waals surface area contributed by atoms with Crippen LogP contribution in [-0.4, -0.2) is 59.3 Å². The van der Waals surface area contributed by atoms with Crippen molar-refractivity contribution in [1.29, 1.82) is 0 Å². The van der Waals surface area contributed by atoms with Crippen molar-refractivity contribution < 1.29 is 14.3 Å². The molecule has 2 N–H and O–H groups in total. The van der Waals surface area contributed by atoms with E-state index in [4.69, 9.17) is 15.2 Å². The molecule has 1 aromatic rings. The third kappa shape index (κ3) is 3.22. The molecule has 2 fully saturated rings. The van der Waals surface area contributed by atoms with Crippen LogP contribution in [0.3, 0.4) is 0 Å². The molecule has 0 aromatic carbocycles. The van der Waals surface area contributed by atoms with Crippen molar-refractivity contribution in [2.75, 3.05) is 26.5 Å². The van der Waals surface area contributed by atoms with Crippen molar-refractivity contribution in [2.24, 2.45) is 0 Å². The summed E-state index contributed by atoms with van der Waals surface area (Å²) in [6.07, 6.45) is 3.64. The van der Waals surface area contributed by atoms with Crippen molar-refractivity contribution in [2.45, 2.75) is 63.2 Å². The van der Waals surface area contributed by atoms with Gasteiger partial charge in [-0.2, -0.15) is 0 Å². The number of methoxy groups -OCH3 is 2. The summed E-state index contributed by atoms with van der Waals surface area (Å²) in [5, 5.41) is 0. The molecule has 0 radical (unpaired) electrons. The van der Waals surface area contributed by atoms with E-state index in [0.717, 1.165) is 31.4 Å². The van der Waals surface area contributed by atoms with E-state index in [1.807, 2.05) is 18.7 Å². The van der Waals surface area contributed by atoms with Crippen LogP contribution < -0.4 is 5.73 Å². The van der Waals surface area contributed by atoms with Crippen LogP contribution in [0, 0.1) is 0 Å². The first-order chi connectivity index (χ1) is 11.9. The zero-order valence-corrected chi connectivity index (χ0v) is 15.5. The zero-order chi connectivity index (χ0) is 18.2. The van der Waals surface area contributed by atoms with Gasteiger partial charge in [0.05, 0.1) is 17.7 Å². The second-order valence-corrected chi connectivity index (χ2v) is 7.36. The third-order valence-corrected chi connectivity index (χ3v) is 5.71. The molecule has 1 saturated heterocycles. The number of nitrogens with zero attached hydrogens (tertiary/aromatic N) is 3. The minimum absolute atomic E-state index is 0.00221. The topological polar surface area (TPSA) is 90.6 Å². The fourth-order valence-electron chi connectivity index (χ4n) is 4.16. The van der Waals surface area contributed by atoms with Gasteiger partial charge in [0.15, 0.2) is 0 Å². The first-order valence-electron chi connectivity index (χ1n) is 8.93. The Morgan fingerprint density at radius 3 is 2.76 bits per heavy atom. The van der Waals surface area contributed by atoms with Crippen molar-refractivity contribution in [1.82, 2.24) is 14.9 Å². The monoisotopic (exact) mass is 348 g/mol. The molecule has 2 aliphatic rings. The smallest absolute Gasteiger partial charge is 0.273 e. The maximum absolute atomic E-state index is 13.2. The van der Waals surface area contributed by atoms with E-state index < -0.39 is 0 Å². The predicted molar refractivity (Wildman–Crippen MR) is 94.4 cm³/mol. The quantitative estimate of drug-likeness (QED) is 0.895. The summed E-state index contributed by atoms with van der Waals surface area (Å²) in [6, 6.07) is 1.76. The van der Waals surface area contributed by atoms with Crippen LogP contribution in [0.15, 0.2) is 6.07 Å². The summed E-state index contributed by atoms with van der Waals surface area (Å²) in [6.45, 7) is 4.70. The minimum Gasteiger partial charge on any atom is -0.381 e. The number of nitrogens with two attached hydrogens (primary N) is 1. The highest BCUT2D eigenvalue weighted by atomic mass is 16.5. The Morgan fingerprint density at radius 1 is 1.36 bits per heavy atom. The largest absolute Gasteiger partial charge is 0.381 e. The Labute approximate surface area is 148 Å². The molecule has 0 unspecified atom stereocenters. The molecule has 1 saturated carbocycles. The van der Waals surface area contributed by atoms with Crippen molar-refractivity contribution >= 4 is 11.9 Å². The number of hydrogen-bond acceptors (Lipinski definition) is 6.